The smallest absolute Gasteiger partial charge is 0.261 e. The van der Waals surface area contributed by atoms with Gasteiger partial charge >= 0.3 is 0 Å². The van der Waals surface area contributed by atoms with Gasteiger partial charge in [-0.3, -0.25) is 9.52 Å². The number of benzene rings is 2. The predicted octanol–water partition coefficient (Wildman–Crippen LogP) is 2.37. The zero-order valence-corrected chi connectivity index (χ0v) is 13.6. The van der Waals surface area contributed by atoms with E-state index >= 15 is 0 Å². The monoisotopic (exact) mass is 349 g/mol. The van der Waals surface area contributed by atoms with Crippen molar-refractivity contribution in [3.63, 3.8) is 0 Å². The van der Waals surface area contributed by atoms with Gasteiger partial charge in [-0.2, -0.15) is 5.26 Å². The molecule has 0 saturated carbocycles. The number of carbonyl (C=O) groups is 1. The number of nitrogens with zero attached hydrogens (tertiary/aromatic N) is 1. The third-order valence-electron chi connectivity index (χ3n) is 2.99. The molecule has 0 radical (unpaired) electrons. The molecule has 2 N–H and O–H groups in total. The Hall–Kier alpha value is -2.56. The van der Waals surface area contributed by atoms with Crippen molar-refractivity contribution in [3.05, 3.63) is 58.6 Å². The van der Waals surface area contributed by atoms with Crippen molar-refractivity contribution >= 4 is 33.2 Å². The number of nitrogens with one attached hydrogen (secondary N) is 2. The molecule has 1 amide bonds. The highest BCUT2D eigenvalue weighted by atomic mass is 35.5. The molecule has 2 aromatic rings. The fourth-order valence-corrected chi connectivity index (χ4v) is 3.03. The molecule has 6 nitrogen and oxygen atoms in total. The van der Waals surface area contributed by atoms with Crippen molar-refractivity contribution < 1.29 is 13.2 Å². The molecule has 0 aliphatic carbocycles. The van der Waals surface area contributed by atoms with E-state index in [1.165, 1.54) is 49.5 Å². The molecule has 0 atom stereocenters. The van der Waals surface area contributed by atoms with Crippen LogP contribution in [-0.2, 0) is 10.0 Å². The molecule has 0 fully saturated rings. The zero-order valence-electron chi connectivity index (χ0n) is 12.0. The number of nitriles is 1. The molecule has 0 spiro atoms. The van der Waals surface area contributed by atoms with Crippen molar-refractivity contribution in [1.82, 2.24) is 5.32 Å². The van der Waals surface area contributed by atoms with Crippen LogP contribution < -0.4 is 10.0 Å². The fourth-order valence-electron chi connectivity index (χ4n) is 1.82. The zero-order chi connectivity index (χ0) is 17.0. The lowest BCUT2D eigenvalue weighted by molar-refractivity contribution is 0.0963. The molecule has 2 aromatic carbocycles. The summed E-state index contributed by atoms with van der Waals surface area (Å²) in [6, 6.07) is 11.6. The van der Waals surface area contributed by atoms with Gasteiger partial charge in [0.1, 0.15) is 6.07 Å². The van der Waals surface area contributed by atoms with E-state index in [1.807, 2.05) is 6.07 Å². The summed E-state index contributed by atoms with van der Waals surface area (Å²) in [5.74, 6) is -0.307. The maximum Gasteiger partial charge on any atom is 0.261 e. The second kappa shape index (κ2) is 6.69. The maximum atomic E-state index is 12.3. The quantitative estimate of drug-likeness (QED) is 0.885. The highest BCUT2D eigenvalue weighted by Gasteiger charge is 2.15. The van der Waals surface area contributed by atoms with E-state index in [0.717, 1.165) is 0 Å². The molecule has 0 bridgehead atoms. The summed E-state index contributed by atoms with van der Waals surface area (Å²) < 4.78 is 27.0. The summed E-state index contributed by atoms with van der Waals surface area (Å²) >= 11 is 5.81. The van der Waals surface area contributed by atoms with Crippen LogP contribution in [-0.4, -0.2) is 21.4 Å². The van der Waals surface area contributed by atoms with Gasteiger partial charge in [0.2, 0.25) is 0 Å². The molecule has 0 heterocycles. The Balaban J connectivity index is 2.29. The Morgan fingerprint density at radius 1 is 1.17 bits per heavy atom. The molecule has 0 unspecified atom stereocenters. The fraction of sp³-hybridized carbons (Fsp3) is 0.0667. The highest BCUT2D eigenvalue weighted by Crippen LogP contribution is 2.22. The minimum Gasteiger partial charge on any atom is -0.355 e. The number of amides is 1. The summed E-state index contributed by atoms with van der Waals surface area (Å²) in [5, 5.41) is 11.6. The first-order valence-corrected chi connectivity index (χ1v) is 8.28. The Morgan fingerprint density at radius 3 is 2.39 bits per heavy atom. The molecular weight excluding hydrogens is 338 g/mol. The predicted molar refractivity (Wildman–Crippen MR) is 86.8 cm³/mol. The van der Waals surface area contributed by atoms with Gasteiger partial charge in [0.25, 0.3) is 15.9 Å². The number of halogens is 1. The van der Waals surface area contributed by atoms with Crippen molar-refractivity contribution in [2.45, 2.75) is 4.90 Å². The average molecular weight is 350 g/mol. The SMILES string of the molecule is CNC(=O)c1ccc(S(=O)(=O)Nc2ccc(Cl)c(C#N)c2)cc1. The van der Waals surface area contributed by atoms with E-state index in [1.54, 1.807) is 0 Å². The van der Waals surface area contributed by atoms with Crippen LogP contribution in [0.3, 0.4) is 0 Å². The van der Waals surface area contributed by atoms with E-state index in [0.29, 0.717) is 5.56 Å². The largest absolute Gasteiger partial charge is 0.355 e. The molecule has 8 heteroatoms. The first-order valence-electron chi connectivity index (χ1n) is 6.42. The third kappa shape index (κ3) is 3.80. The van der Waals surface area contributed by atoms with Crippen LogP contribution in [0.1, 0.15) is 15.9 Å². The number of anilines is 1. The van der Waals surface area contributed by atoms with E-state index in [4.69, 9.17) is 16.9 Å². The van der Waals surface area contributed by atoms with Crippen molar-refractivity contribution in [2.75, 3.05) is 11.8 Å². The number of rotatable bonds is 4. The van der Waals surface area contributed by atoms with E-state index in [-0.39, 0.29) is 27.1 Å². The molecule has 2 rings (SSSR count). The Morgan fingerprint density at radius 2 is 1.83 bits per heavy atom. The molecular formula is C15H12ClN3O3S. The van der Waals surface area contributed by atoms with Gasteiger partial charge in [0.05, 0.1) is 21.2 Å². The molecule has 118 valence electrons. The summed E-state index contributed by atoms with van der Waals surface area (Å²) in [5.41, 5.74) is 0.743. The van der Waals surface area contributed by atoms with E-state index < -0.39 is 10.0 Å². The van der Waals surface area contributed by atoms with Crippen LogP contribution in [0.25, 0.3) is 0 Å². The summed E-state index contributed by atoms with van der Waals surface area (Å²) in [6.07, 6.45) is 0. The van der Waals surface area contributed by atoms with Crippen LogP contribution in [0.4, 0.5) is 5.69 Å². The van der Waals surface area contributed by atoms with Gasteiger partial charge in [0, 0.05) is 12.6 Å². The van der Waals surface area contributed by atoms with E-state index in [9.17, 15) is 13.2 Å². The molecule has 0 aliphatic rings. The molecule has 0 saturated heterocycles. The number of hydrogen-bond acceptors (Lipinski definition) is 4. The summed E-state index contributed by atoms with van der Waals surface area (Å²) in [4.78, 5) is 11.4. The normalized spacial score (nSPS) is 10.7. The van der Waals surface area contributed by atoms with Gasteiger partial charge in [-0.05, 0) is 42.5 Å². The summed E-state index contributed by atoms with van der Waals surface area (Å²) in [7, 11) is -2.35. The van der Waals surface area contributed by atoms with Gasteiger partial charge < -0.3 is 5.32 Å². The lowest BCUT2D eigenvalue weighted by Gasteiger charge is -2.09. The first kappa shape index (κ1) is 16.8. The standard InChI is InChI=1S/C15H12ClN3O3S/c1-18-15(20)10-2-5-13(6-3-10)23(21,22)19-12-4-7-14(16)11(8-12)9-17/h2-8,19H,1H3,(H,18,20). The molecule has 0 aromatic heterocycles. The minimum atomic E-state index is -3.83. The minimum absolute atomic E-state index is 0.00129. The van der Waals surface area contributed by atoms with Gasteiger partial charge in [-0.25, -0.2) is 8.42 Å². The van der Waals surface area contributed by atoms with E-state index in [2.05, 4.69) is 10.0 Å². The number of hydrogen-bond donors (Lipinski definition) is 2. The number of sulfonamides is 1. The first-order chi connectivity index (χ1) is 10.9. The van der Waals surface area contributed by atoms with Crippen LogP contribution in [0.15, 0.2) is 47.4 Å². The Labute approximate surface area is 138 Å². The Bertz CT molecular complexity index is 887. The van der Waals surface area contributed by atoms with Crippen LogP contribution in [0.5, 0.6) is 0 Å². The lowest BCUT2D eigenvalue weighted by atomic mass is 10.2. The van der Waals surface area contributed by atoms with Crippen molar-refractivity contribution in [1.29, 1.82) is 5.26 Å². The number of carbonyl (C=O) groups excluding carboxylic acids is 1. The highest BCUT2D eigenvalue weighted by molar-refractivity contribution is 7.92. The van der Waals surface area contributed by atoms with Gasteiger partial charge in [-0.1, -0.05) is 11.6 Å². The second-order valence-electron chi connectivity index (χ2n) is 4.52. The van der Waals surface area contributed by atoms with Crippen LogP contribution >= 0.6 is 11.6 Å². The summed E-state index contributed by atoms with van der Waals surface area (Å²) in [6.45, 7) is 0. The maximum absolute atomic E-state index is 12.3. The lowest BCUT2D eigenvalue weighted by Crippen LogP contribution is -2.18. The van der Waals surface area contributed by atoms with Gasteiger partial charge in [0.15, 0.2) is 0 Å². The van der Waals surface area contributed by atoms with Crippen molar-refractivity contribution in [2.24, 2.45) is 0 Å². The Kier molecular flexibility index (Phi) is 4.89. The average Bonchev–Trinajstić information content (AvgIpc) is 2.55. The van der Waals surface area contributed by atoms with Crippen molar-refractivity contribution in [3.8, 4) is 6.07 Å². The van der Waals surface area contributed by atoms with Gasteiger partial charge in [-0.15, -0.1) is 0 Å². The van der Waals surface area contributed by atoms with Crippen LogP contribution in [0, 0.1) is 11.3 Å². The van der Waals surface area contributed by atoms with Crippen LogP contribution in [0.2, 0.25) is 5.02 Å². The third-order valence-corrected chi connectivity index (χ3v) is 4.72. The second-order valence-corrected chi connectivity index (χ2v) is 6.61. The topological polar surface area (TPSA) is 99.1 Å². The molecule has 0 aliphatic heterocycles. The molecule has 23 heavy (non-hydrogen) atoms.